The van der Waals surface area contributed by atoms with Crippen LogP contribution >= 0.6 is 0 Å². The molecule has 1 aliphatic heterocycles. The number of hydrogen-bond donors (Lipinski definition) is 2. The van der Waals surface area contributed by atoms with E-state index in [-0.39, 0.29) is 13.0 Å². The van der Waals surface area contributed by atoms with E-state index in [1.807, 2.05) is 0 Å². The molecule has 6 nitrogen and oxygen atoms in total. The summed E-state index contributed by atoms with van der Waals surface area (Å²) >= 11 is 0. The van der Waals surface area contributed by atoms with Gasteiger partial charge in [-0.3, -0.25) is 0 Å². The van der Waals surface area contributed by atoms with Crippen LogP contribution < -0.4 is 9.86 Å². The normalized spacial score (nSPS) is 29.9. The number of nitrogens with two attached hydrogens (primary N) is 1. The van der Waals surface area contributed by atoms with Gasteiger partial charge in [-0.15, -0.1) is 0 Å². The Labute approximate surface area is 71.2 Å². The molecule has 12 heavy (non-hydrogen) atoms. The van der Waals surface area contributed by atoms with Gasteiger partial charge in [0.05, 0.1) is 0 Å². The number of rotatable bonds is 1. The Morgan fingerprint density at radius 2 is 2.00 bits per heavy atom. The maximum atomic E-state index is 11.1. The van der Waals surface area contributed by atoms with Crippen molar-refractivity contribution in [3.63, 3.8) is 0 Å². The molecule has 0 aromatic heterocycles. The SMILES string of the molecule is NS(=O)(=O)C1CCCNS1(=O)=O. The highest BCUT2D eigenvalue weighted by Gasteiger charge is 2.37. The van der Waals surface area contributed by atoms with Crippen LogP contribution in [0.15, 0.2) is 0 Å². The van der Waals surface area contributed by atoms with Crippen LogP contribution in [0.3, 0.4) is 0 Å². The van der Waals surface area contributed by atoms with Crippen LogP contribution in [0.5, 0.6) is 0 Å². The Morgan fingerprint density at radius 1 is 1.42 bits per heavy atom. The molecule has 1 atom stereocenters. The van der Waals surface area contributed by atoms with Gasteiger partial charge >= 0.3 is 0 Å². The second-order valence-electron chi connectivity index (χ2n) is 2.60. The zero-order valence-corrected chi connectivity index (χ0v) is 7.86. The van der Waals surface area contributed by atoms with Gasteiger partial charge in [0.2, 0.25) is 20.0 Å². The molecule has 0 aliphatic carbocycles. The van der Waals surface area contributed by atoms with Gasteiger partial charge in [0.25, 0.3) is 0 Å². The molecular weight excluding hydrogens is 204 g/mol. The lowest BCUT2D eigenvalue weighted by Gasteiger charge is -2.20. The molecule has 0 aromatic carbocycles. The van der Waals surface area contributed by atoms with Crippen LogP contribution in [0.1, 0.15) is 12.8 Å². The van der Waals surface area contributed by atoms with Gasteiger partial charge in [0, 0.05) is 6.54 Å². The predicted octanol–water partition coefficient (Wildman–Crippen LogP) is -1.69. The number of sulfonamides is 2. The third kappa shape index (κ3) is 1.94. The van der Waals surface area contributed by atoms with E-state index in [9.17, 15) is 16.8 Å². The van der Waals surface area contributed by atoms with E-state index in [4.69, 9.17) is 5.14 Å². The fourth-order valence-electron chi connectivity index (χ4n) is 1.07. The van der Waals surface area contributed by atoms with Crippen LogP contribution in [0.2, 0.25) is 0 Å². The average molecular weight is 214 g/mol. The topological polar surface area (TPSA) is 106 Å². The monoisotopic (exact) mass is 214 g/mol. The van der Waals surface area contributed by atoms with Crippen molar-refractivity contribution in [1.82, 2.24) is 4.72 Å². The average Bonchev–Trinajstić information content (AvgIpc) is 1.83. The molecule has 0 radical (unpaired) electrons. The van der Waals surface area contributed by atoms with E-state index in [1.54, 1.807) is 0 Å². The molecular formula is C4H10N2O4S2. The van der Waals surface area contributed by atoms with Crippen LogP contribution in [0.4, 0.5) is 0 Å². The first-order valence-electron chi connectivity index (χ1n) is 3.34. The lowest BCUT2D eigenvalue weighted by Crippen LogP contribution is -2.46. The summed E-state index contributed by atoms with van der Waals surface area (Å²) in [4.78, 5) is 0. The zero-order chi connectivity index (χ0) is 9.41. The quantitative estimate of drug-likeness (QED) is 0.543. The number of primary sulfonamides is 1. The van der Waals surface area contributed by atoms with E-state index < -0.39 is 24.6 Å². The lowest BCUT2D eigenvalue weighted by atomic mass is 10.3. The van der Waals surface area contributed by atoms with Crippen molar-refractivity contribution < 1.29 is 16.8 Å². The van der Waals surface area contributed by atoms with Crippen LogP contribution in [0, 0.1) is 0 Å². The minimum atomic E-state index is -3.98. The number of hydrogen-bond acceptors (Lipinski definition) is 4. The molecule has 1 aliphatic rings. The first kappa shape index (κ1) is 9.90. The van der Waals surface area contributed by atoms with Gasteiger partial charge in [-0.2, -0.15) is 0 Å². The summed E-state index contributed by atoms with van der Waals surface area (Å²) in [5.74, 6) is 0. The smallest absolute Gasteiger partial charge is 0.228 e. The standard InChI is InChI=1S/C4H10N2O4S2/c5-11(7,8)4-2-1-3-6-12(4,9)10/h4,6H,1-3H2,(H2,5,7,8). The minimum absolute atomic E-state index is 0.0775. The van der Waals surface area contributed by atoms with Gasteiger partial charge in [0.15, 0.2) is 4.58 Å². The second kappa shape index (κ2) is 2.95. The Balaban J connectivity index is 3.05. The third-order valence-corrected chi connectivity index (χ3v) is 5.70. The van der Waals surface area contributed by atoms with Gasteiger partial charge in [-0.1, -0.05) is 0 Å². The summed E-state index contributed by atoms with van der Waals surface area (Å²) in [7, 11) is -7.73. The molecule has 72 valence electrons. The first-order chi connectivity index (χ1) is 5.34. The first-order valence-corrected chi connectivity index (χ1v) is 6.50. The Morgan fingerprint density at radius 3 is 2.33 bits per heavy atom. The second-order valence-corrected chi connectivity index (χ2v) is 6.59. The van der Waals surface area contributed by atoms with E-state index >= 15 is 0 Å². The molecule has 0 bridgehead atoms. The third-order valence-electron chi connectivity index (χ3n) is 1.63. The molecule has 3 N–H and O–H groups in total. The van der Waals surface area contributed by atoms with Gasteiger partial charge < -0.3 is 0 Å². The van der Waals surface area contributed by atoms with Gasteiger partial charge in [-0.05, 0) is 12.8 Å². The Kier molecular flexibility index (Phi) is 2.43. The van der Waals surface area contributed by atoms with Gasteiger partial charge in [0.1, 0.15) is 0 Å². The summed E-state index contributed by atoms with van der Waals surface area (Å²) in [6, 6.07) is 0. The molecule has 8 heteroatoms. The maximum absolute atomic E-state index is 11.1. The van der Waals surface area contributed by atoms with E-state index in [0.717, 1.165) is 0 Å². The van der Waals surface area contributed by atoms with Crippen LogP contribution in [0.25, 0.3) is 0 Å². The van der Waals surface area contributed by atoms with Crippen molar-refractivity contribution in [1.29, 1.82) is 0 Å². The Bertz CT molecular complexity index is 357. The van der Waals surface area contributed by atoms with Crippen molar-refractivity contribution in [3.8, 4) is 0 Å². The molecule has 1 fully saturated rings. The molecule has 1 rings (SSSR count). The van der Waals surface area contributed by atoms with Crippen molar-refractivity contribution in [2.24, 2.45) is 5.14 Å². The highest BCUT2D eigenvalue weighted by Crippen LogP contribution is 2.15. The van der Waals surface area contributed by atoms with Crippen molar-refractivity contribution in [3.05, 3.63) is 0 Å². The molecule has 1 unspecified atom stereocenters. The molecule has 1 heterocycles. The minimum Gasteiger partial charge on any atom is -0.228 e. The molecule has 0 amide bonds. The largest absolute Gasteiger partial charge is 0.230 e. The van der Waals surface area contributed by atoms with E-state index in [2.05, 4.69) is 4.72 Å². The zero-order valence-electron chi connectivity index (χ0n) is 6.23. The fourth-order valence-corrected chi connectivity index (χ4v) is 4.28. The van der Waals surface area contributed by atoms with Crippen molar-refractivity contribution >= 4 is 20.0 Å². The lowest BCUT2D eigenvalue weighted by molar-refractivity contribution is 0.539. The summed E-state index contributed by atoms with van der Waals surface area (Å²) in [5.41, 5.74) is 0. The van der Waals surface area contributed by atoms with E-state index in [0.29, 0.717) is 6.42 Å². The summed E-state index contributed by atoms with van der Waals surface area (Å²) in [6.07, 6.45) is 0.578. The van der Waals surface area contributed by atoms with Crippen LogP contribution in [-0.4, -0.2) is 28.0 Å². The van der Waals surface area contributed by atoms with Crippen molar-refractivity contribution in [2.75, 3.05) is 6.54 Å². The summed E-state index contributed by atoms with van der Waals surface area (Å²) in [6.45, 7) is 0.286. The maximum Gasteiger partial charge on any atom is 0.230 e. The predicted molar refractivity (Wildman–Crippen MR) is 43.1 cm³/mol. The fraction of sp³-hybridized carbons (Fsp3) is 1.00. The molecule has 0 saturated carbocycles. The van der Waals surface area contributed by atoms with Crippen molar-refractivity contribution in [2.45, 2.75) is 17.4 Å². The summed E-state index contributed by atoms with van der Waals surface area (Å²) in [5, 5.41) is 4.74. The molecule has 0 aromatic rings. The van der Waals surface area contributed by atoms with E-state index in [1.165, 1.54) is 0 Å². The van der Waals surface area contributed by atoms with Crippen LogP contribution in [-0.2, 0) is 20.0 Å². The molecule has 0 spiro atoms. The molecule has 1 saturated heterocycles. The van der Waals surface area contributed by atoms with Gasteiger partial charge in [-0.25, -0.2) is 26.7 Å². The number of nitrogens with one attached hydrogen (secondary N) is 1. The highest BCUT2D eigenvalue weighted by atomic mass is 32.3. The Hall–Kier alpha value is -0.180. The summed E-state index contributed by atoms with van der Waals surface area (Å²) < 4.78 is 44.3. The highest BCUT2D eigenvalue weighted by molar-refractivity contribution is 8.07.